The third-order valence-corrected chi connectivity index (χ3v) is 13.6. The number of hydrogen-bond donors (Lipinski definition) is 0. The number of fused-ring (bicyclic) bond motifs is 7. The van der Waals surface area contributed by atoms with Crippen LogP contribution in [0.15, 0.2) is 237 Å². The molecule has 0 saturated carbocycles. The smallest absolute Gasteiger partial charge is 0.0462 e. The highest BCUT2D eigenvalue weighted by Gasteiger charge is 2.37. The van der Waals surface area contributed by atoms with Crippen LogP contribution in [-0.2, 0) is 5.41 Å². The van der Waals surface area contributed by atoms with Crippen molar-refractivity contribution in [2.24, 2.45) is 0 Å². The van der Waals surface area contributed by atoms with Gasteiger partial charge in [0.15, 0.2) is 0 Å². The molecule has 0 unspecified atom stereocenters. The Kier molecular flexibility index (Phi) is 8.91. The Hall–Kier alpha value is -8.00. The molecule has 0 N–H and O–H groups in total. The first-order valence-corrected chi connectivity index (χ1v) is 22.3. The van der Waals surface area contributed by atoms with Gasteiger partial charge in [0, 0.05) is 22.5 Å². The standard InChI is InChI=1S/C63H45N/c1-63(2)61-23-8-7-19-59(61)60-22-11-21-58(62(60)63)46-30-37-53(38-31-46)64(52-35-28-43(29-36-52)48-32-39-57-50(41-48)25-24-45-13-4-6-18-55(45)57)51-33-26-42(27-34-51)47-15-9-16-49(40-47)56-20-10-14-44-12-3-5-17-54(44)56/h3-41H,1-2H3. The monoisotopic (exact) mass is 815 g/mol. The van der Waals surface area contributed by atoms with Crippen molar-refractivity contribution in [3.63, 3.8) is 0 Å². The molecule has 0 aromatic heterocycles. The molecule has 0 atom stereocenters. The molecule has 0 aliphatic heterocycles. The fourth-order valence-electron chi connectivity index (χ4n) is 10.5. The highest BCUT2D eigenvalue weighted by atomic mass is 15.1. The van der Waals surface area contributed by atoms with Gasteiger partial charge in [-0.25, -0.2) is 0 Å². The second-order valence-electron chi connectivity index (χ2n) is 17.7. The van der Waals surface area contributed by atoms with Crippen LogP contribution in [0.25, 0.3) is 88.0 Å². The predicted octanol–water partition coefficient (Wildman–Crippen LogP) is 17.6. The molecule has 1 heteroatoms. The molecule has 1 aliphatic rings. The second-order valence-corrected chi connectivity index (χ2v) is 17.7. The first kappa shape index (κ1) is 37.7. The van der Waals surface area contributed by atoms with E-state index in [2.05, 4.69) is 255 Å². The van der Waals surface area contributed by atoms with Crippen LogP contribution < -0.4 is 4.90 Å². The van der Waals surface area contributed by atoms with Crippen LogP contribution in [0, 0.1) is 0 Å². The first-order chi connectivity index (χ1) is 31.5. The maximum absolute atomic E-state index is 2.38. The zero-order valence-corrected chi connectivity index (χ0v) is 36.0. The van der Waals surface area contributed by atoms with E-state index in [1.165, 1.54) is 99.1 Å². The average Bonchev–Trinajstić information content (AvgIpc) is 3.60. The SMILES string of the molecule is CC1(C)c2ccccc2-c2cccc(-c3ccc(N(c4ccc(-c5cccc(-c6cccc7ccccc67)c5)cc4)c4ccc(-c5ccc6c(ccc7ccccc76)c5)cc4)cc3)c21. The summed E-state index contributed by atoms with van der Waals surface area (Å²) in [7, 11) is 0. The maximum atomic E-state index is 2.38. The Labute approximate surface area is 375 Å². The number of rotatable bonds is 7. The molecule has 12 rings (SSSR count). The summed E-state index contributed by atoms with van der Waals surface area (Å²) in [6.07, 6.45) is 0. The van der Waals surface area contributed by atoms with Crippen LogP contribution >= 0.6 is 0 Å². The summed E-state index contributed by atoms with van der Waals surface area (Å²) in [5, 5.41) is 7.61. The van der Waals surface area contributed by atoms with Gasteiger partial charge in [0.25, 0.3) is 0 Å². The largest absolute Gasteiger partial charge is 0.311 e. The van der Waals surface area contributed by atoms with E-state index < -0.39 is 0 Å². The molecule has 0 saturated heterocycles. The summed E-state index contributed by atoms with van der Waals surface area (Å²) in [6, 6.07) is 87.1. The van der Waals surface area contributed by atoms with E-state index in [9.17, 15) is 0 Å². The Morgan fingerprint density at radius 1 is 0.281 bits per heavy atom. The normalized spacial score (nSPS) is 12.7. The molecule has 1 aliphatic carbocycles. The van der Waals surface area contributed by atoms with Gasteiger partial charge in [-0.2, -0.15) is 0 Å². The van der Waals surface area contributed by atoms with E-state index in [1.54, 1.807) is 0 Å². The van der Waals surface area contributed by atoms with Crippen molar-refractivity contribution in [3.8, 4) is 55.6 Å². The molecule has 0 amide bonds. The van der Waals surface area contributed by atoms with E-state index >= 15 is 0 Å². The van der Waals surface area contributed by atoms with Crippen LogP contribution in [0.1, 0.15) is 25.0 Å². The van der Waals surface area contributed by atoms with Gasteiger partial charge in [-0.1, -0.05) is 202 Å². The van der Waals surface area contributed by atoms with Crippen molar-refractivity contribution in [3.05, 3.63) is 248 Å². The van der Waals surface area contributed by atoms with Crippen molar-refractivity contribution in [1.29, 1.82) is 0 Å². The number of hydrogen-bond acceptors (Lipinski definition) is 1. The molecule has 0 heterocycles. The Morgan fingerprint density at radius 3 is 1.48 bits per heavy atom. The third kappa shape index (κ3) is 6.31. The molecule has 64 heavy (non-hydrogen) atoms. The van der Waals surface area contributed by atoms with Crippen molar-refractivity contribution in [2.75, 3.05) is 4.90 Å². The summed E-state index contributed by atoms with van der Waals surface area (Å²) in [5.74, 6) is 0. The summed E-state index contributed by atoms with van der Waals surface area (Å²) in [6.45, 7) is 4.73. The molecule has 11 aromatic rings. The summed E-state index contributed by atoms with van der Waals surface area (Å²) in [5.41, 5.74) is 18.5. The van der Waals surface area contributed by atoms with Gasteiger partial charge in [-0.3, -0.25) is 0 Å². The van der Waals surface area contributed by atoms with Gasteiger partial charge < -0.3 is 4.90 Å². The van der Waals surface area contributed by atoms with Crippen LogP contribution in [-0.4, -0.2) is 0 Å². The van der Waals surface area contributed by atoms with Gasteiger partial charge in [0.2, 0.25) is 0 Å². The maximum Gasteiger partial charge on any atom is 0.0462 e. The Bertz CT molecular complexity index is 3550. The van der Waals surface area contributed by atoms with Gasteiger partial charge in [-0.15, -0.1) is 0 Å². The lowest BCUT2D eigenvalue weighted by Crippen LogP contribution is -2.16. The van der Waals surface area contributed by atoms with E-state index in [0.717, 1.165) is 17.1 Å². The topological polar surface area (TPSA) is 3.24 Å². The molecule has 1 nitrogen and oxygen atoms in total. The lowest BCUT2D eigenvalue weighted by Gasteiger charge is -2.27. The lowest BCUT2D eigenvalue weighted by atomic mass is 9.79. The molecule has 0 spiro atoms. The number of nitrogens with zero attached hydrogens (tertiary/aromatic N) is 1. The summed E-state index contributed by atoms with van der Waals surface area (Å²) >= 11 is 0. The van der Waals surface area contributed by atoms with Crippen LogP contribution in [0.4, 0.5) is 17.1 Å². The Balaban J connectivity index is 0.918. The van der Waals surface area contributed by atoms with Crippen molar-refractivity contribution >= 4 is 49.4 Å². The van der Waals surface area contributed by atoms with E-state index in [-0.39, 0.29) is 5.41 Å². The third-order valence-electron chi connectivity index (χ3n) is 13.6. The quantitative estimate of drug-likeness (QED) is 0.145. The molecule has 0 fully saturated rings. The van der Waals surface area contributed by atoms with Crippen LogP contribution in [0.2, 0.25) is 0 Å². The Morgan fingerprint density at radius 2 is 0.750 bits per heavy atom. The highest BCUT2D eigenvalue weighted by Crippen LogP contribution is 2.52. The van der Waals surface area contributed by atoms with Crippen LogP contribution in [0.3, 0.4) is 0 Å². The van der Waals surface area contributed by atoms with Gasteiger partial charge >= 0.3 is 0 Å². The first-order valence-electron chi connectivity index (χ1n) is 22.3. The minimum absolute atomic E-state index is 0.0933. The average molecular weight is 816 g/mol. The zero-order chi connectivity index (χ0) is 42.8. The molecular weight excluding hydrogens is 771 g/mol. The lowest BCUT2D eigenvalue weighted by molar-refractivity contribution is 0.662. The van der Waals surface area contributed by atoms with Crippen molar-refractivity contribution in [1.82, 2.24) is 0 Å². The van der Waals surface area contributed by atoms with Gasteiger partial charge in [0.1, 0.15) is 0 Å². The fraction of sp³-hybridized carbons (Fsp3) is 0.0476. The summed E-state index contributed by atoms with van der Waals surface area (Å²) < 4.78 is 0. The summed E-state index contributed by atoms with van der Waals surface area (Å²) in [4.78, 5) is 2.38. The number of anilines is 3. The van der Waals surface area contributed by atoms with Crippen molar-refractivity contribution < 1.29 is 0 Å². The van der Waals surface area contributed by atoms with Crippen LogP contribution in [0.5, 0.6) is 0 Å². The van der Waals surface area contributed by atoms with Gasteiger partial charge in [0.05, 0.1) is 0 Å². The van der Waals surface area contributed by atoms with Gasteiger partial charge in [-0.05, 0) is 148 Å². The van der Waals surface area contributed by atoms with Crippen molar-refractivity contribution in [2.45, 2.75) is 19.3 Å². The molecule has 11 aromatic carbocycles. The fourth-order valence-corrected chi connectivity index (χ4v) is 10.5. The predicted molar refractivity (Wildman–Crippen MR) is 273 cm³/mol. The minimum Gasteiger partial charge on any atom is -0.311 e. The molecule has 0 radical (unpaired) electrons. The second kappa shape index (κ2) is 15.1. The van der Waals surface area contributed by atoms with E-state index in [1.807, 2.05) is 0 Å². The zero-order valence-electron chi connectivity index (χ0n) is 36.0. The minimum atomic E-state index is -0.0933. The molecule has 302 valence electrons. The molecule has 0 bridgehead atoms. The van der Waals surface area contributed by atoms with E-state index in [4.69, 9.17) is 0 Å². The van der Waals surface area contributed by atoms with E-state index in [0.29, 0.717) is 0 Å². The molecular formula is C63H45N. The highest BCUT2D eigenvalue weighted by molar-refractivity contribution is 6.08. The number of benzene rings is 11.